The van der Waals surface area contributed by atoms with E-state index in [2.05, 4.69) is 11.4 Å². The normalized spacial score (nSPS) is 22.8. The molecule has 98 valence electrons. The molecular formula is C16H17NO2. The zero-order valence-electron chi connectivity index (χ0n) is 10.9. The number of hydrogen-bond acceptors (Lipinski definition) is 3. The van der Waals surface area contributed by atoms with Crippen molar-refractivity contribution in [2.75, 3.05) is 20.3 Å². The van der Waals surface area contributed by atoms with E-state index in [9.17, 15) is 4.79 Å². The molecule has 2 aromatic carbocycles. The van der Waals surface area contributed by atoms with Gasteiger partial charge in [0, 0.05) is 11.6 Å². The van der Waals surface area contributed by atoms with Crippen LogP contribution in [0.5, 0.6) is 0 Å². The van der Waals surface area contributed by atoms with Crippen molar-refractivity contribution < 1.29 is 9.53 Å². The minimum Gasteiger partial charge on any atom is -0.379 e. The van der Waals surface area contributed by atoms with Crippen molar-refractivity contribution in [1.82, 2.24) is 5.32 Å². The molecule has 19 heavy (non-hydrogen) atoms. The summed E-state index contributed by atoms with van der Waals surface area (Å²) < 4.78 is 5.41. The maximum atomic E-state index is 12.5. The average molecular weight is 255 g/mol. The fraction of sp³-hybridized carbons (Fsp3) is 0.312. The summed E-state index contributed by atoms with van der Waals surface area (Å²) in [6.45, 7) is 1.12. The van der Waals surface area contributed by atoms with Gasteiger partial charge >= 0.3 is 0 Å². The zero-order valence-corrected chi connectivity index (χ0v) is 10.9. The quantitative estimate of drug-likeness (QED) is 0.855. The number of likely N-dealkylation sites (N-methyl/N-ethyl adjacent to an activating group) is 1. The molecule has 0 bridgehead atoms. The van der Waals surface area contributed by atoms with Crippen LogP contribution in [0.2, 0.25) is 0 Å². The third-order valence-corrected chi connectivity index (χ3v) is 3.82. The van der Waals surface area contributed by atoms with Gasteiger partial charge in [-0.25, -0.2) is 0 Å². The van der Waals surface area contributed by atoms with Crippen LogP contribution in [0.15, 0.2) is 42.5 Å². The molecule has 2 aromatic rings. The van der Waals surface area contributed by atoms with Gasteiger partial charge in [0.05, 0.1) is 19.1 Å². The summed E-state index contributed by atoms with van der Waals surface area (Å²) in [7, 11) is 1.88. The second kappa shape index (κ2) is 5.11. The molecule has 1 aliphatic rings. The molecule has 2 unspecified atom stereocenters. The third-order valence-electron chi connectivity index (χ3n) is 3.82. The Kier molecular flexibility index (Phi) is 3.32. The van der Waals surface area contributed by atoms with Crippen LogP contribution >= 0.6 is 0 Å². The molecule has 1 fully saturated rings. The number of carbonyl (C=O) groups excluding carboxylic acids is 1. The van der Waals surface area contributed by atoms with E-state index in [0.29, 0.717) is 13.2 Å². The fourth-order valence-electron chi connectivity index (χ4n) is 2.65. The number of rotatable bonds is 3. The first-order valence-corrected chi connectivity index (χ1v) is 6.57. The number of Topliss-reactive ketones (excluding diaryl/α,β-unsaturated/α-hetero) is 1. The standard InChI is InChI=1S/C16H17NO2/c1-17-15-10-19-9-14(15)16(18)13-7-6-11-4-2-3-5-12(11)8-13/h2-8,14-15,17H,9-10H2,1H3. The summed E-state index contributed by atoms with van der Waals surface area (Å²) in [4.78, 5) is 12.5. The van der Waals surface area contributed by atoms with E-state index in [4.69, 9.17) is 4.74 Å². The SMILES string of the molecule is CNC1COCC1C(=O)c1ccc2ccccc2c1. The molecule has 1 heterocycles. The van der Waals surface area contributed by atoms with Gasteiger partial charge in [0.2, 0.25) is 0 Å². The second-order valence-corrected chi connectivity index (χ2v) is 4.97. The van der Waals surface area contributed by atoms with Crippen LogP contribution < -0.4 is 5.32 Å². The lowest BCUT2D eigenvalue weighted by molar-refractivity contribution is 0.0892. The smallest absolute Gasteiger partial charge is 0.169 e. The van der Waals surface area contributed by atoms with E-state index in [-0.39, 0.29) is 17.7 Å². The first kappa shape index (κ1) is 12.3. The molecule has 3 rings (SSSR count). The lowest BCUT2D eigenvalue weighted by atomic mass is 9.92. The van der Waals surface area contributed by atoms with E-state index < -0.39 is 0 Å². The maximum Gasteiger partial charge on any atom is 0.169 e. The highest BCUT2D eigenvalue weighted by molar-refractivity contribution is 6.01. The molecule has 1 saturated heterocycles. The highest BCUT2D eigenvalue weighted by Gasteiger charge is 2.33. The second-order valence-electron chi connectivity index (χ2n) is 4.97. The first-order valence-electron chi connectivity index (χ1n) is 6.57. The molecule has 0 aliphatic carbocycles. The van der Waals surface area contributed by atoms with Gasteiger partial charge in [-0.15, -0.1) is 0 Å². The number of benzene rings is 2. The molecule has 3 nitrogen and oxygen atoms in total. The van der Waals surface area contributed by atoms with Crippen LogP contribution in [-0.4, -0.2) is 32.1 Å². The summed E-state index contributed by atoms with van der Waals surface area (Å²) in [6.07, 6.45) is 0. The number of fused-ring (bicyclic) bond motifs is 1. The number of hydrogen-bond donors (Lipinski definition) is 1. The van der Waals surface area contributed by atoms with Gasteiger partial charge in [-0.2, -0.15) is 0 Å². The Bertz CT molecular complexity index is 608. The molecule has 1 N–H and O–H groups in total. The Labute approximate surface area is 112 Å². The van der Waals surface area contributed by atoms with Crippen LogP contribution in [0, 0.1) is 5.92 Å². The zero-order chi connectivity index (χ0) is 13.2. The number of ether oxygens (including phenoxy) is 1. The summed E-state index contributed by atoms with van der Waals surface area (Å²) in [5, 5.41) is 5.42. The van der Waals surface area contributed by atoms with Gasteiger partial charge in [0.25, 0.3) is 0 Å². The van der Waals surface area contributed by atoms with E-state index in [0.717, 1.165) is 16.3 Å². The van der Waals surface area contributed by atoms with Crippen LogP contribution in [0.25, 0.3) is 10.8 Å². The van der Waals surface area contributed by atoms with Crippen molar-refractivity contribution in [1.29, 1.82) is 0 Å². The largest absolute Gasteiger partial charge is 0.379 e. The van der Waals surface area contributed by atoms with Crippen molar-refractivity contribution >= 4 is 16.6 Å². The van der Waals surface area contributed by atoms with Gasteiger partial charge in [0.15, 0.2) is 5.78 Å². The molecule has 0 radical (unpaired) electrons. The van der Waals surface area contributed by atoms with Gasteiger partial charge in [0.1, 0.15) is 0 Å². The predicted octanol–water partition coefficient (Wildman–Crippen LogP) is 2.26. The van der Waals surface area contributed by atoms with Gasteiger partial charge in [-0.3, -0.25) is 4.79 Å². The lowest BCUT2D eigenvalue weighted by Gasteiger charge is -2.15. The van der Waals surface area contributed by atoms with E-state index >= 15 is 0 Å². The van der Waals surface area contributed by atoms with Crippen molar-refractivity contribution in [3.63, 3.8) is 0 Å². The Balaban J connectivity index is 1.93. The predicted molar refractivity (Wildman–Crippen MR) is 75.4 cm³/mol. The van der Waals surface area contributed by atoms with Crippen LogP contribution in [0.4, 0.5) is 0 Å². The van der Waals surface area contributed by atoms with E-state index in [1.165, 1.54) is 0 Å². The Morgan fingerprint density at radius 2 is 1.95 bits per heavy atom. The van der Waals surface area contributed by atoms with E-state index in [1.807, 2.05) is 43.4 Å². The van der Waals surface area contributed by atoms with Crippen molar-refractivity contribution in [2.24, 2.45) is 5.92 Å². The highest BCUT2D eigenvalue weighted by Crippen LogP contribution is 2.22. The molecule has 0 spiro atoms. The molecule has 1 aliphatic heterocycles. The fourth-order valence-corrected chi connectivity index (χ4v) is 2.65. The van der Waals surface area contributed by atoms with Crippen LogP contribution in [0.3, 0.4) is 0 Å². The molecule has 2 atom stereocenters. The van der Waals surface area contributed by atoms with Gasteiger partial charge in [-0.1, -0.05) is 36.4 Å². The van der Waals surface area contributed by atoms with Gasteiger partial charge in [-0.05, 0) is 23.9 Å². The van der Waals surface area contributed by atoms with Crippen LogP contribution in [0.1, 0.15) is 10.4 Å². The molecule has 0 aromatic heterocycles. The summed E-state index contributed by atoms with van der Waals surface area (Å²) in [5.74, 6) is 0.0914. The highest BCUT2D eigenvalue weighted by atomic mass is 16.5. The average Bonchev–Trinajstić information content (AvgIpc) is 2.94. The minimum absolute atomic E-state index is 0.0776. The third kappa shape index (κ3) is 2.27. The minimum atomic E-state index is -0.0776. The van der Waals surface area contributed by atoms with Crippen molar-refractivity contribution in [3.05, 3.63) is 48.0 Å². The Morgan fingerprint density at radius 3 is 2.74 bits per heavy atom. The number of carbonyl (C=O) groups is 1. The van der Waals surface area contributed by atoms with Crippen LogP contribution in [-0.2, 0) is 4.74 Å². The molecule has 0 saturated carbocycles. The molecule has 3 heteroatoms. The van der Waals surface area contributed by atoms with E-state index in [1.54, 1.807) is 0 Å². The maximum absolute atomic E-state index is 12.5. The first-order chi connectivity index (χ1) is 9.29. The topological polar surface area (TPSA) is 38.3 Å². The van der Waals surface area contributed by atoms with Gasteiger partial charge < -0.3 is 10.1 Å². The Morgan fingerprint density at radius 1 is 1.16 bits per heavy atom. The Hall–Kier alpha value is -1.71. The summed E-state index contributed by atoms with van der Waals surface area (Å²) in [6, 6.07) is 14.1. The monoisotopic (exact) mass is 255 g/mol. The molecular weight excluding hydrogens is 238 g/mol. The van der Waals surface area contributed by atoms with Crippen molar-refractivity contribution in [2.45, 2.75) is 6.04 Å². The summed E-state index contributed by atoms with van der Waals surface area (Å²) in [5.41, 5.74) is 0.773. The number of ketones is 1. The van der Waals surface area contributed by atoms with Crippen molar-refractivity contribution in [3.8, 4) is 0 Å². The summed E-state index contributed by atoms with van der Waals surface area (Å²) >= 11 is 0. The molecule has 0 amide bonds. The lowest BCUT2D eigenvalue weighted by Crippen LogP contribution is -2.36. The number of nitrogens with one attached hydrogen (secondary N) is 1.